The monoisotopic (exact) mass is 206 g/mol. The highest BCUT2D eigenvalue weighted by molar-refractivity contribution is 7.34. The average Bonchev–Trinajstić information content (AvgIpc) is 2.05. The van der Waals surface area contributed by atoms with E-state index in [1.54, 1.807) is 13.8 Å². The van der Waals surface area contributed by atoms with Crippen LogP contribution in [0, 0.1) is 11.8 Å². The van der Waals surface area contributed by atoms with Crippen molar-refractivity contribution >= 4 is 14.4 Å². The molecule has 0 aromatic carbocycles. The summed E-state index contributed by atoms with van der Waals surface area (Å²) in [4.78, 5) is 10.6. The van der Waals surface area contributed by atoms with E-state index >= 15 is 0 Å². The van der Waals surface area contributed by atoms with Crippen molar-refractivity contribution in [1.29, 1.82) is 0 Å². The highest BCUT2D eigenvalue weighted by atomic mass is 31.1. The molecule has 6 heteroatoms. The van der Waals surface area contributed by atoms with Crippen molar-refractivity contribution in [2.75, 3.05) is 13.2 Å². The van der Waals surface area contributed by atoms with E-state index in [2.05, 4.69) is 25.6 Å². The van der Waals surface area contributed by atoms with Gasteiger partial charge < -0.3 is 13.8 Å². The topological polar surface area (TPSA) is 61.8 Å². The number of hydrogen-bond acceptors (Lipinski definition) is 5. The molecule has 0 fully saturated rings. The van der Waals surface area contributed by atoms with E-state index in [-0.39, 0.29) is 13.2 Å². The van der Waals surface area contributed by atoms with Gasteiger partial charge in [-0.2, -0.15) is 0 Å². The van der Waals surface area contributed by atoms with Gasteiger partial charge in [-0.15, -0.1) is 5.92 Å². The third kappa shape index (κ3) is 7.38. The molecule has 1 atom stereocenters. The first kappa shape index (κ1) is 12.0. The maximum absolute atomic E-state index is 10.7. The van der Waals surface area contributed by atoms with Crippen LogP contribution in [0.1, 0.15) is 13.8 Å². The molecule has 13 heavy (non-hydrogen) atoms. The van der Waals surface area contributed by atoms with E-state index in [1.165, 1.54) is 0 Å². The smallest absolute Gasteiger partial charge is 0.421 e. The van der Waals surface area contributed by atoms with E-state index in [4.69, 9.17) is 0 Å². The summed E-state index contributed by atoms with van der Waals surface area (Å²) in [5.41, 5.74) is 0. The predicted molar refractivity (Wildman–Crippen MR) is 46.5 cm³/mol. The maximum atomic E-state index is 10.7. The summed E-state index contributed by atoms with van der Waals surface area (Å²) in [7, 11) is -2.75. The Labute approximate surface area is 77.3 Å². The molecule has 1 unspecified atom stereocenters. The number of rotatable bonds is 4. The zero-order valence-electron chi connectivity index (χ0n) is 7.46. The number of ether oxygens (including phenoxy) is 1. The van der Waals surface area contributed by atoms with Gasteiger partial charge in [0.1, 0.15) is 0 Å². The van der Waals surface area contributed by atoms with Crippen LogP contribution in [-0.4, -0.2) is 19.4 Å². The molecule has 0 rings (SSSR count). The minimum absolute atomic E-state index is 0.0728. The van der Waals surface area contributed by atoms with E-state index < -0.39 is 14.4 Å². The molecule has 5 nitrogen and oxygen atoms in total. The molecule has 0 heterocycles. The first-order chi connectivity index (χ1) is 6.20. The Kier molecular flexibility index (Phi) is 7.08. The Morgan fingerprint density at radius 2 is 2.23 bits per heavy atom. The molecule has 0 aliphatic heterocycles. The first-order valence-electron chi connectivity index (χ1n) is 3.61. The lowest BCUT2D eigenvalue weighted by molar-refractivity contribution is 0.106. The fourth-order valence-electron chi connectivity index (χ4n) is 0.412. The van der Waals surface area contributed by atoms with Crippen molar-refractivity contribution in [3.05, 3.63) is 0 Å². The van der Waals surface area contributed by atoms with Gasteiger partial charge in [0.05, 0.1) is 6.61 Å². The van der Waals surface area contributed by atoms with Crippen LogP contribution >= 0.6 is 8.25 Å². The van der Waals surface area contributed by atoms with Crippen LogP contribution in [0.4, 0.5) is 4.79 Å². The first-order valence-corrected chi connectivity index (χ1v) is 4.84. The summed E-state index contributed by atoms with van der Waals surface area (Å²) in [6.45, 7) is 3.40. The third-order valence-corrected chi connectivity index (χ3v) is 1.73. The Hall–Kier alpha value is -0.980. The van der Waals surface area contributed by atoms with Gasteiger partial charge in [0.25, 0.3) is 0 Å². The van der Waals surface area contributed by atoms with Gasteiger partial charge in [-0.25, -0.2) is 9.36 Å². The molecule has 0 aliphatic rings. The van der Waals surface area contributed by atoms with E-state index in [1.807, 2.05) is 0 Å². The molecule has 0 bridgehead atoms. The summed E-state index contributed by atoms with van der Waals surface area (Å²) in [6.07, 6.45) is -1.03. The fourth-order valence-corrected chi connectivity index (χ4v) is 0.902. The van der Waals surface area contributed by atoms with Crippen LogP contribution < -0.4 is 0 Å². The lowest BCUT2D eigenvalue weighted by Gasteiger charge is -2.02. The van der Waals surface area contributed by atoms with Crippen molar-refractivity contribution in [3.8, 4) is 11.8 Å². The average molecular weight is 206 g/mol. The van der Waals surface area contributed by atoms with Crippen molar-refractivity contribution in [2.45, 2.75) is 13.8 Å². The molecule has 74 valence electrons. The van der Waals surface area contributed by atoms with E-state index in [0.717, 1.165) is 0 Å². The van der Waals surface area contributed by atoms with Crippen molar-refractivity contribution in [2.24, 2.45) is 0 Å². The van der Waals surface area contributed by atoms with Crippen LogP contribution in [-0.2, 0) is 18.3 Å². The lowest BCUT2D eigenvalue weighted by Crippen LogP contribution is -2.03. The minimum atomic E-state index is -2.75. The molecule has 0 N–H and O–H groups in total. The van der Waals surface area contributed by atoms with Crippen LogP contribution in [0.5, 0.6) is 0 Å². The zero-order valence-corrected chi connectivity index (χ0v) is 8.46. The van der Waals surface area contributed by atoms with Gasteiger partial charge in [-0.05, 0) is 13.8 Å². The molecule has 0 aromatic rings. The van der Waals surface area contributed by atoms with Gasteiger partial charge >= 0.3 is 14.4 Å². The minimum Gasteiger partial charge on any atom is -0.421 e. The summed E-state index contributed by atoms with van der Waals surface area (Å²) in [5, 5.41) is 0. The largest absolute Gasteiger partial charge is 0.515 e. The van der Waals surface area contributed by atoms with Crippen LogP contribution in [0.15, 0.2) is 0 Å². The molecule has 0 aliphatic carbocycles. The molecular formula is C7H11O5P. The molecule has 0 saturated carbocycles. The van der Waals surface area contributed by atoms with Gasteiger partial charge in [-0.3, -0.25) is 0 Å². The Morgan fingerprint density at radius 3 is 2.77 bits per heavy atom. The molecular weight excluding hydrogens is 195 g/mol. The van der Waals surface area contributed by atoms with Gasteiger partial charge in [0.15, 0.2) is 6.61 Å². The molecule has 0 spiro atoms. The van der Waals surface area contributed by atoms with Crippen LogP contribution in [0.25, 0.3) is 0 Å². The number of hydrogen-bond donors (Lipinski definition) is 0. The lowest BCUT2D eigenvalue weighted by atomic mass is 10.6. The maximum Gasteiger partial charge on any atom is 0.515 e. The van der Waals surface area contributed by atoms with Crippen molar-refractivity contribution in [1.82, 2.24) is 0 Å². The van der Waals surface area contributed by atoms with Crippen molar-refractivity contribution in [3.63, 3.8) is 0 Å². The van der Waals surface area contributed by atoms with Crippen LogP contribution in [0.3, 0.4) is 0 Å². The zero-order chi connectivity index (χ0) is 10.1. The molecule has 0 saturated heterocycles. The second kappa shape index (κ2) is 7.66. The number of carbonyl (C=O) groups excluding carboxylic acids is 1. The fraction of sp³-hybridized carbons (Fsp3) is 0.571. The standard InChI is InChI=1S/C7H11O5P/c1-3-5-6-10-7(8)12-13(9)11-4-2/h13H,4,6H2,1-2H3. The Bertz CT molecular complexity index is 239. The highest BCUT2D eigenvalue weighted by Gasteiger charge is 2.07. The second-order valence-corrected chi connectivity index (χ2v) is 2.74. The summed E-state index contributed by atoms with van der Waals surface area (Å²) < 4.78 is 23.8. The quantitative estimate of drug-likeness (QED) is 0.397. The molecule has 0 radical (unpaired) electrons. The van der Waals surface area contributed by atoms with Gasteiger partial charge in [0, 0.05) is 0 Å². The van der Waals surface area contributed by atoms with Crippen molar-refractivity contribution < 1.29 is 23.1 Å². The normalized spacial score (nSPS) is 10.9. The Balaban J connectivity index is 3.59. The summed E-state index contributed by atoms with van der Waals surface area (Å²) >= 11 is 0. The number of carbonyl (C=O) groups is 1. The third-order valence-electron chi connectivity index (χ3n) is 0.868. The molecule has 0 aromatic heterocycles. The van der Waals surface area contributed by atoms with E-state index in [9.17, 15) is 9.36 Å². The Morgan fingerprint density at radius 1 is 1.54 bits per heavy atom. The van der Waals surface area contributed by atoms with Gasteiger partial charge in [0.2, 0.25) is 0 Å². The molecule has 0 amide bonds. The van der Waals surface area contributed by atoms with Gasteiger partial charge in [-0.1, -0.05) is 5.92 Å². The van der Waals surface area contributed by atoms with E-state index in [0.29, 0.717) is 0 Å². The predicted octanol–water partition coefficient (Wildman–Crippen LogP) is 1.59. The SMILES string of the molecule is CC#CCOC(=O)O[PH](=O)OCC. The second-order valence-electron chi connectivity index (χ2n) is 1.75. The summed E-state index contributed by atoms with van der Waals surface area (Å²) in [5.74, 6) is 5.00. The summed E-state index contributed by atoms with van der Waals surface area (Å²) in [6, 6.07) is 0. The van der Waals surface area contributed by atoms with Crippen LogP contribution in [0.2, 0.25) is 0 Å². The highest BCUT2D eigenvalue weighted by Crippen LogP contribution is 2.23.